The second-order valence-electron chi connectivity index (χ2n) is 8.38. The van der Waals surface area contributed by atoms with Crippen molar-refractivity contribution in [2.75, 3.05) is 0 Å². The van der Waals surface area contributed by atoms with Gasteiger partial charge in [-0.2, -0.15) is 0 Å². The van der Waals surface area contributed by atoms with E-state index in [2.05, 4.69) is 25.9 Å². The van der Waals surface area contributed by atoms with E-state index < -0.39 is 47.9 Å². The van der Waals surface area contributed by atoms with Gasteiger partial charge in [-0.25, -0.2) is 9.78 Å². The summed E-state index contributed by atoms with van der Waals surface area (Å²) in [6.07, 6.45) is 3.53. The Morgan fingerprint density at radius 2 is 1.68 bits per heavy atom. The molecule has 4 unspecified atom stereocenters. The lowest BCUT2D eigenvalue weighted by Crippen LogP contribution is -2.58. The number of carboxylic acid groups (broad SMARTS) is 1. The number of aromatic amines is 1. The zero-order valence-electron chi connectivity index (χ0n) is 18.6. The van der Waals surface area contributed by atoms with Crippen molar-refractivity contribution in [2.45, 2.75) is 71.6 Å². The van der Waals surface area contributed by atoms with Gasteiger partial charge in [-0.3, -0.25) is 14.4 Å². The Balaban J connectivity index is 2.69. The van der Waals surface area contributed by atoms with Crippen LogP contribution >= 0.6 is 0 Å². The highest BCUT2D eigenvalue weighted by Gasteiger charge is 2.30. The molecule has 0 aliphatic heterocycles. The van der Waals surface area contributed by atoms with E-state index in [-0.39, 0.29) is 24.7 Å². The second-order valence-corrected chi connectivity index (χ2v) is 8.38. The van der Waals surface area contributed by atoms with Crippen LogP contribution in [0.25, 0.3) is 0 Å². The molecule has 0 aliphatic rings. The van der Waals surface area contributed by atoms with Crippen molar-refractivity contribution in [1.82, 2.24) is 25.9 Å². The van der Waals surface area contributed by atoms with Gasteiger partial charge in [-0.15, -0.1) is 0 Å². The summed E-state index contributed by atoms with van der Waals surface area (Å²) in [5.74, 6) is -3.03. The van der Waals surface area contributed by atoms with Crippen LogP contribution in [0.4, 0.5) is 0 Å². The number of nitrogens with two attached hydrogens (primary N) is 1. The summed E-state index contributed by atoms with van der Waals surface area (Å²) in [5, 5.41) is 16.9. The largest absolute Gasteiger partial charge is 0.480 e. The van der Waals surface area contributed by atoms with E-state index in [4.69, 9.17) is 5.73 Å². The molecular weight excluding hydrogens is 404 g/mol. The fourth-order valence-electron chi connectivity index (χ4n) is 2.88. The number of nitrogens with zero attached hydrogens (tertiary/aromatic N) is 1. The van der Waals surface area contributed by atoms with E-state index in [1.807, 2.05) is 13.8 Å². The van der Waals surface area contributed by atoms with E-state index in [1.165, 1.54) is 13.3 Å². The first-order valence-corrected chi connectivity index (χ1v) is 10.3. The van der Waals surface area contributed by atoms with E-state index in [9.17, 15) is 24.3 Å². The summed E-state index contributed by atoms with van der Waals surface area (Å²) in [7, 11) is 0. The molecule has 0 aliphatic carbocycles. The zero-order chi connectivity index (χ0) is 23.7. The molecule has 3 amide bonds. The van der Waals surface area contributed by atoms with Crippen molar-refractivity contribution < 1.29 is 24.3 Å². The molecule has 0 fully saturated rings. The highest BCUT2D eigenvalue weighted by atomic mass is 16.4. The number of carbonyl (C=O) groups is 4. The van der Waals surface area contributed by atoms with Crippen LogP contribution in [0.3, 0.4) is 0 Å². The fourth-order valence-corrected chi connectivity index (χ4v) is 2.88. The summed E-state index contributed by atoms with van der Waals surface area (Å²) in [6, 6.07) is -3.84. The fraction of sp³-hybridized carbons (Fsp3) is 0.650. The monoisotopic (exact) mass is 438 g/mol. The highest BCUT2D eigenvalue weighted by Crippen LogP contribution is 2.07. The van der Waals surface area contributed by atoms with Gasteiger partial charge in [0.1, 0.15) is 18.1 Å². The van der Waals surface area contributed by atoms with Crippen molar-refractivity contribution in [3.8, 4) is 0 Å². The third-order valence-electron chi connectivity index (χ3n) is 4.65. The number of hydrogen-bond acceptors (Lipinski definition) is 6. The minimum Gasteiger partial charge on any atom is -0.480 e. The molecule has 174 valence electrons. The standard InChI is InChI=1S/C20H34N6O5/c1-10(2)6-15(20(30)31)25-17(27)12(5)24-19(29)16(11(3)4)26-18(28)14(21)7-13-8-22-9-23-13/h8-12,14-16H,6-7,21H2,1-5H3,(H,22,23)(H,24,29)(H,25,27)(H,26,28)(H,30,31). The van der Waals surface area contributed by atoms with Crippen LogP contribution in [0, 0.1) is 11.8 Å². The molecule has 1 aromatic heterocycles. The van der Waals surface area contributed by atoms with Crippen molar-refractivity contribution in [3.63, 3.8) is 0 Å². The number of nitrogens with one attached hydrogen (secondary N) is 4. The number of carboxylic acids is 1. The van der Waals surface area contributed by atoms with Gasteiger partial charge in [-0.1, -0.05) is 27.7 Å². The Labute approximate surface area is 181 Å². The first-order valence-electron chi connectivity index (χ1n) is 10.3. The smallest absolute Gasteiger partial charge is 0.326 e. The van der Waals surface area contributed by atoms with Gasteiger partial charge < -0.3 is 31.8 Å². The van der Waals surface area contributed by atoms with Crippen LogP contribution < -0.4 is 21.7 Å². The minimum absolute atomic E-state index is 0.0674. The summed E-state index contributed by atoms with van der Waals surface area (Å²) in [4.78, 5) is 55.6. The maximum Gasteiger partial charge on any atom is 0.326 e. The van der Waals surface area contributed by atoms with Crippen LogP contribution in [0.5, 0.6) is 0 Å². The topological polar surface area (TPSA) is 179 Å². The van der Waals surface area contributed by atoms with E-state index in [0.29, 0.717) is 5.69 Å². The molecular formula is C20H34N6O5. The number of carbonyl (C=O) groups excluding carboxylic acids is 3. The minimum atomic E-state index is -1.14. The summed E-state index contributed by atoms with van der Waals surface area (Å²) in [5.41, 5.74) is 6.61. The van der Waals surface area contributed by atoms with Gasteiger partial charge in [-0.05, 0) is 25.2 Å². The Morgan fingerprint density at radius 3 is 2.16 bits per heavy atom. The Morgan fingerprint density at radius 1 is 1.03 bits per heavy atom. The number of aliphatic carboxylic acids is 1. The molecule has 0 aromatic carbocycles. The first-order chi connectivity index (χ1) is 14.4. The van der Waals surface area contributed by atoms with Crippen LogP contribution in [-0.2, 0) is 25.6 Å². The number of rotatable bonds is 12. The van der Waals surface area contributed by atoms with Gasteiger partial charge in [0.15, 0.2) is 0 Å². The van der Waals surface area contributed by atoms with E-state index in [0.717, 1.165) is 0 Å². The third kappa shape index (κ3) is 8.75. The quantitative estimate of drug-likeness (QED) is 0.255. The van der Waals surface area contributed by atoms with Gasteiger partial charge in [0.2, 0.25) is 17.7 Å². The van der Waals surface area contributed by atoms with Crippen LogP contribution in [-0.4, -0.2) is 62.9 Å². The maximum absolute atomic E-state index is 12.7. The summed E-state index contributed by atoms with van der Waals surface area (Å²) < 4.78 is 0. The molecule has 0 radical (unpaired) electrons. The third-order valence-corrected chi connectivity index (χ3v) is 4.65. The number of aromatic nitrogens is 2. The predicted octanol–water partition coefficient (Wildman–Crippen LogP) is -0.459. The highest BCUT2D eigenvalue weighted by molar-refractivity contribution is 5.94. The second kappa shape index (κ2) is 12.0. The summed E-state index contributed by atoms with van der Waals surface area (Å²) >= 11 is 0. The van der Waals surface area contributed by atoms with Crippen molar-refractivity contribution in [1.29, 1.82) is 0 Å². The van der Waals surface area contributed by atoms with Crippen molar-refractivity contribution in [2.24, 2.45) is 17.6 Å². The molecule has 0 saturated carbocycles. The van der Waals surface area contributed by atoms with Gasteiger partial charge in [0.05, 0.1) is 12.4 Å². The predicted molar refractivity (Wildman–Crippen MR) is 114 cm³/mol. The average Bonchev–Trinajstić information content (AvgIpc) is 3.17. The lowest BCUT2D eigenvalue weighted by molar-refractivity contribution is -0.142. The van der Waals surface area contributed by atoms with Crippen LogP contribution in [0.2, 0.25) is 0 Å². The zero-order valence-corrected chi connectivity index (χ0v) is 18.6. The molecule has 1 heterocycles. The van der Waals surface area contributed by atoms with Crippen LogP contribution in [0.15, 0.2) is 12.5 Å². The van der Waals surface area contributed by atoms with Crippen LogP contribution in [0.1, 0.15) is 46.7 Å². The van der Waals surface area contributed by atoms with E-state index >= 15 is 0 Å². The normalized spacial score (nSPS) is 15.1. The molecule has 11 nitrogen and oxygen atoms in total. The molecule has 11 heteroatoms. The number of hydrogen-bond donors (Lipinski definition) is 6. The Bertz CT molecular complexity index is 749. The first kappa shape index (κ1) is 26.1. The molecule has 0 spiro atoms. The lowest BCUT2D eigenvalue weighted by Gasteiger charge is -2.25. The Kier molecular flexibility index (Phi) is 10.1. The summed E-state index contributed by atoms with van der Waals surface area (Å²) in [6.45, 7) is 8.64. The maximum atomic E-state index is 12.7. The molecule has 1 aromatic rings. The molecule has 0 saturated heterocycles. The van der Waals surface area contributed by atoms with Crippen molar-refractivity contribution >= 4 is 23.7 Å². The molecule has 31 heavy (non-hydrogen) atoms. The molecule has 1 rings (SSSR count). The number of H-pyrrole nitrogens is 1. The molecule has 4 atom stereocenters. The van der Waals surface area contributed by atoms with Gasteiger partial charge >= 0.3 is 5.97 Å². The van der Waals surface area contributed by atoms with Crippen molar-refractivity contribution in [3.05, 3.63) is 18.2 Å². The number of imidazole rings is 1. The lowest BCUT2D eigenvalue weighted by atomic mass is 10.0. The van der Waals surface area contributed by atoms with E-state index in [1.54, 1.807) is 20.0 Å². The van der Waals surface area contributed by atoms with Gasteiger partial charge in [0.25, 0.3) is 0 Å². The number of amides is 3. The Hall–Kier alpha value is -2.95. The van der Waals surface area contributed by atoms with Gasteiger partial charge in [0, 0.05) is 18.3 Å². The molecule has 7 N–H and O–H groups in total. The average molecular weight is 439 g/mol. The SMILES string of the molecule is CC(C)CC(NC(=O)C(C)NC(=O)C(NC(=O)C(N)Cc1cnc[nH]1)C(C)C)C(=O)O. The molecule has 0 bridgehead atoms.